The second-order valence-electron chi connectivity index (χ2n) is 4.66. The molecule has 1 rings (SSSR count). The summed E-state index contributed by atoms with van der Waals surface area (Å²) < 4.78 is 5.29. The third-order valence-corrected chi connectivity index (χ3v) is 2.69. The minimum absolute atomic E-state index is 0.136. The van der Waals surface area contributed by atoms with Crippen LogP contribution in [0.15, 0.2) is 30.3 Å². The predicted octanol–water partition coefficient (Wildman–Crippen LogP) is 2.36. The Hall–Kier alpha value is -1.55. The zero-order valence-corrected chi connectivity index (χ0v) is 11.8. The highest BCUT2D eigenvalue weighted by molar-refractivity contribution is 6.64. The van der Waals surface area contributed by atoms with Gasteiger partial charge in [-0.15, -0.1) is 0 Å². The summed E-state index contributed by atoms with van der Waals surface area (Å²) in [6.07, 6.45) is 0.513. The van der Waals surface area contributed by atoms with E-state index in [2.05, 4.69) is 5.32 Å². The Labute approximate surface area is 118 Å². The van der Waals surface area contributed by atoms with E-state index in [9.17, 15) is 9.59 Å². The molecule has 0 saturated carbocycles. The Morgan fingerprint density at radius 2 is 1.89 bits per heavy atom. The number of halogens is 1. The molecule has 104 valence electrons. The number of benzene rings is 1. The Morgan fingerprint density at radius 3 is 2.42 bits per heavy atom. The van der Waals surface area contributed by atoms with E-state index in [1.165, 1.54) is 0 Å². The van der Waals surface area contributed by atoms with Gasteiger partial charge in [0, 0.05) is 0 Å². The number of carbonyl (C=O) groups is 2. The van der Waals surface area contributed by atoms with E-state index in [1.807, 2.05) is 32.0 Å². The molecule has 1 aromatic rings. The number of nitrogens with one attached hydrogen (secondary N) is 1. The van der Waals surface area contributed by atoms with Crippen molar-refractivity contribution >= 4 is 22.8 Å². The van der Waals surface area contributed by atoms with Crippen LogP contribution >= 0.6 is 11.6 Å². The summed E-state index contributed by atoms with van der Waals surface area (Å²) in [5, 5.41) is 2.02. The first kappa shape index (κ1) is 15.5. The Bertz CT molecular complexity index is 420. The van der Waals surface area contributed by atoms with E-state index >= 15 is 0 Å². The Morgan fingerprint density at radius 1 is 1.26 bits per heavy atom. The van der Waals surface area contributed by atoms with Crippen LogP contribution in [0.5, 0.6) is 5.75 Å². The number of hydrogen-bond acceptors (Lipinski definition) is 3. The van der Waals surface area contributed by atoms with Crippen LogP contribution in [0.2, 0.25) is 0 Å². The van der Waals surface area contributed by atoms with Crippen molar-refractivity contribution in [3.8, 4) is 5.75 Å². The zero-order chi connectivity index (χ0) is 14.3. The van der Waals surface area contributed by atoms with E-state index < -0.39 is 11.3 Å². The number of carbonyl (C=O) groups excluding carboxylic acids is 2. The number of ether oxygens (including phenoxy) is 1. The number of rotatable bonds is 7. The molecule has 0 fully saturated rings. The molecule has 0 aliphatic rings. The second-order valence-corrected chi connectivity index (χ2v) is 5.03. The van der Waals surface area contributed by atoms with E-state index in [0.29, 0.717) is 12.2 Å². The molecule has 1 N–H and O–H groups in total. The van der Waals surface area contributed by atoms with Crippen LogP contribution in [0, 0.1) is 5.92 Å². The van der Waals surface area contributed by atoms with Crippen LogP contribution in [-0.2, 0) is 9.59 Å². The van der Waals surface area contributed by atoms with Gasteiger partial charge in [-0.05, 0) is 36.1 Å². The van der Waals surface area contributed by atoms with Gasteiger partial charge in [-0.2, -0.15) is 0 Å². The summed E-state index contributed by atoms with van der Waals surface area (Å²) in [6.45, 7) is 3.78. The van der Waals surface area contributed by atoms with Gasteiger partial charge in [-0.3, -0.25) is 9.59 Å². The lowest BCUT2D eigenvalue weighted by Gasteiger charge is -2.16. The van der Waals surface area contributed by atoms with Crippen molar-refractivity contribution in [1.82, 2.24) is 5.32 Å². The minimum atomic E-state index is -0.659. The van der Waals surface area contributed by atoms with Crippen molar-refractivity contribution < 1.29 is 14.3 Å². The smallest absolute Gasteiger partial charge is 0.258 e. The molecular weight excluding hydrogens is 266 g/mol. The highest BCUT2D eigenvalue weighted by Crippen LogP contribution is 2.09. The first-order valence-corrected chi connectivity index (χ1v) is 6.53. The zero-order valence-electron chi connectivity index (χ0n) is 11.1. The molecule has 0 bridgehead atoms. The number of para-hydroxylation sites is 1. The molecule has 4 nitrogen and oxygen atoms in total. The van der Waals surface area contributed by atoms with E-state index in [0.717, 1.165) is 0 Å². The maximum atomic E-state index is 11.7. The Kier molecular flexibility index (Phi) is 6.36. The van der Waals surface area contributed by atoms with Crippen molar-refractivity contribution in [3.63, 3.8) is 0 Å². The summed E-state index contributed by atoms with van der Waals surface area (Å²) in [5.41, 5.74) is 0. The molecule has 1 aromatic carbocycles. The molecule has 1 unspecified atom stereocenters. The number of amides is 1. The van der Waals surface area contributed by atoms with Crippen molar-refractivity contribution in [3.05, 3.63) is 30.3 Å². The van der Waals surface area contributed by atoms with Crippen molar-refractivity contribution in [2.45, 2.75) is 26.3 Å². The first-order valence-electron chi connectivity index (χ1n) is 6.15. The van der Waals surface area contributed by atoms with Gasteiger partial charge in [0.05, 0.1) is 0 Å². The molecule has 19 heavy (non-hydrogen) atoms. The molecule has 0 spiro atoms. The van der Waals surface area contributed by atoms with Gasteiger partial charge in [0.1, 0.15) is 11.8 Å². The van der Waals surface area contributed by atoms with Crippen LogP contribution in [0.25, 0.3) is 0 Å². The van der Waals surface area contributed by atoms with E-state index in [1.54, 1.807) is 12.1 Å². The number of hydrogen-bond donors (Lipinski definition) is 1. The second kappa shape index (κ2) is 7.79. The normalized spacial score (nSPS) is 12.0. The molecule has 0 saturated heterocycles. The average molecular weight is 284 g/mol. The highest BCUT2D eigenvalue weighted by atomic mass is 35.5. The van der Waals surface area contributed by atoms with Crippen LogP contribution in [-0.4, -0.2) is 23.8 Å². The predicted molar refractivity (Wildman–Crippen MR) is 74.2 cm³/mol. The monoisotopic (exact) mass is 283 g/mol. The van der Waals surface area contributed by atoms with Crippen LogP contribution in [0.3, 0.4) is 0 Å². The van der Waals surface area contributed by atoms with Gasteiger partial charge >= 0.3 is 0 Å². The molecule has 0 aromatic heterocycles. The average Bonchev–Trinajstić information content (AvgIpc) is 2.36. The lowest BCUT2D eigenvalue weighted by molar-refractivity contribution is -0.126. The SMILES string of the molecule is CC(C)CC(NC(=O)COc1ccccc1)C(=O)Cl. The summed E-state index contributed by atoms with van der Waals surface area (Å²) in [7, 11) is 0. The van der Waals surface area contributed by atoms with Crippen LogP contribution in [0.1, 0.15) is 20.3 Å². The van der Waals surface area contributed by atoms with Gasteiger partial charge < -0.3 is 10.1 Å². The molecule has 0 radical (unpaired) electrons. The van der Waals surface area contributed by atoms with Crippen LogP contribution < -0.4 is 10.1 Å². The van der Waals surface area contributed by atoms with Gasteiger partial charge in [-0.25, -0.2) is 0 Å². The summed E-state index contributed by atoms with van der Waals surface area (Å²) in [6, 6.07) is 8.34. The molecule has 1 amide bonds. The molecule has 5 heteroatoms. The Balaban J connectivity index is 2.42. The fourth-order valence-corrected chi connectivity index (χ4v) is 1.72. The topological polar surface area (TPSA) is 55.4 Å². The maximum Gasteiger partial charge on any atom is 0.258 e. The van der Waals surface area contributed by atoms with E-state index in [4.69, 9.17) is 16.3 Å². The lowest BCUT2D eigenvalue weighted by Crippen LogP contribution is -2.42. The lowest BCUT2D eigenvalue weighted by atomic mass is 10.0. The quantitative estimate of drug-likeness (QED) is 0.782. The van der Waals surface area contributed by atoms with Crippen molar-refractivity contribution in [2.75, 3.05) is 6.61 Å². The summed E-state index contributed by atoms with van der Waals surface area (Å²) >= 11 is 5.45. The van der Waals surface area contributed by atoms with Crippen molar-refractivity contribution in [2.24, 2.45) is 5.92 Å². The molecule has 0 aliphatic heterocycles. The summed E-state index contributed by atoms with van der Waals surface area (Å²) in [4.78, 5) is 22.9. The standard InChI is InChI=1S/C14H18ClNO3/c1-10(2)8-12(14(15)18)16-13(17)9-19-11-6-4-3-5-7-11/h3-7,10,12H,8-9H2,1-2H3,(H,16,17). The highest BCUT2D eigenvalue weighted by Gasteiger charge is 2.20. The largest absolute Gasteiger partial charge is 0.484 e. The summed E-state index contributed by atoms with van der Waals surface area (Å²) in [5.74, 6) is 0.516. The minimum Gasteiger partial charge on any atom is -0.484 e. The van der Waals surface area contributed by atoms with Crippen molar-refractivity contribution in [1.29, 1.82) is 0 Å². The van der Waals surface area contributed by atoms with Gasteiger partial charge in [0.2, 0.25) is 5.24 Å². The fraction of sp³-hybridized carbons (Fsp3) is 0.429. The van der Waals surface area contributed by atoms with Gasteiger partial charge in [0.25, 0.3) is 5.91 Å². The molecule has 0 aliphatic carbocycles. The van der Waals surface area contributed by atoms with E-state index in [-0.39, 0.29) is 18.4 Å². The maximum absolute atomic E-state index is 11.7. The molecular formula is C14H18ClNO3. The third-order valence-electron chi connectivity index (χ3n) is 2.43. The van der Waals surface area contributed by atoms with Gasteiger partial charge in [0.15, 0.2) is 6.61 Å². The first-order chi connectivity index (χ1) is 8.99. The molecule has 0 heterocycles. The molecule has 1 atom stereocenters. The van der Waals surface area contributed by atoms with Gasteiger partial charge in [-0.1, -0.05) is 32.0 Å². The third kappa shape index (κ3) is 6.25. The fourth-order valence-electron chi connectivity index (χ4n) is 1.58. The van der Waals surface area contributed by atoms with Crippen LogP contribution in [0.4, 0.5) is 0 Å².